The maximum absolute atomic E-state index is 11.4. The molecule has 33 heavy (non-hydrogen) atoms. The number of nitrogens with zero attached hydrogens (tertiary/aromatic N) is 5. The van der Waals surface area contributed by atoms with E-state index in [1.807, 2.05) is 11.6 Å². The molecule has 0 atom stereocenters. The predicted molar refractivity (Wildman–Crippen MR) is 130 cm³/mol. The van der Waals surface area contributed by atoms with Crippen molar-refractivity contribution in [1.82, 2.24) is 24.6 Å². The number of thiazole rings is 1. The van der Waals surface area contributed by atoms with Crippen LogP contribution in [0.15, 0.2) is 18.2 Å². The Balaban J connectivity index is 1.39. The highest BCUT2D eigenvalue weighted by molar-refractivity contribution is 7.90. The van der Waals surface area contributed by atoms with Gasteiger partial charge in [0.15, 0.2) is 10.8 Å². The van der Waals surface area contributed by atoms with Gasteiger partial charge in [-0.3, -0.25) is 0 Å². The molecule has 0 aliphatic carbocycles. The largest absolute Gasteiger partial charge is 0.492 e. The lowest BCUT2D eigenvalue weighted by atomic mass is 9.90. The van der Waals surface area contributed by atoms with Crippen molar-refractivity contribution in [3.8, 4) is 27.8 Å². The Labute approximate surface area is 198 Å². The van der Waals surface area contributed by atoms with E-state index in [1.165, 1.54) is 16.7 Å². The van der Waals surface area contributed by atoms with Gasteiger partial charge in [-0.25, -0.2) is 23.1 Å². The van der Waals surface area contributed by atoms with Crippen LogP contribution < -0.4 is 4.74 Å². The fourth-order valence-electron chi connectivity index (χ4n) is 4.38. The zero-order valence-corrected chi connectivity index (χ0v) is 21.0. The van der Waals surface area contributed by atoms with E-state index in [1.54, 1.807) is 11.3 Å². The lowest BCUT2D eigenvalue weighted by Gasteiger charge is -2.39. The van der Waals surface area contributed by atoms with Gasteiger partial charge in [-0.2, -0.15) is 5.10 Å². The molecule has 0 saturated carbocycles. The Bertz CT molecular complexity index is 1290. The van der Waals surface area contributed by atoms with Crippen molar-refractivity contribution in [3.63, 3.8) is 0 Å². The summed E-state index contributed by atoms with van der Waals surface area (Å²) in [6.45, 7) is 9.09. The molecule has 3 aromatic rings. The lowest BCUT2D eigenvalue weighted by Crippen LogP contribution is -2.46. The summed E-state index contributed by atoms with van der Waals surface area (Å²) in [7, 11) is -2.92. The molecule has 1 aromatic carbocycles. The van der Waals surface area contributed by atoms with Gasteiger partial charge in [0.1, 0.15) is 21.4 Å². The zero-order chi connectivity index (χ0) is 23.3. The number of aromatic nitrogens is 4. The van der Waals surface area contributed by atoms with Crippen molar-refractivity contribution in [1.29, 1.82) is 0 Å². The molecule has 8 nitrogen and oxygen atoms in total. The summed E-state index contributed by atoms with van der Waals surface area (Å²) >= 11 is 1.67. The average Bonchev–Trinajstić information content (AvgIpc) is 3.26. The van der Waals surface area contributed by atoms with Crippen LogP contribution in [0.5, 0.6) is 5.75 Å². The fraction of sp³-hybridized carbons (Fsp3) is 0.522. The van der Waals surface area contributed by atoms with Gasteiger partial charge in [-0.05, 0) is 38.5 Å². The van der Waals surface area contributed by atoms with E-state index in [2.05, 4.69) is 47.0 Å². The van der Waals surface area contributed by atoms with E-state index in [0.29, 0.717) is 19.1 Å². The zero-order valence-electron chi connectivity index (χ0n) is 19.4. The van der Waals surface area contributed by atoms with Crippen LogP contribution in [0.4, 0.5) is 0 Å². The van der Waals surface area contributed by atoms with Crippen molar-refractivity contribution in [2.75, 3.05) is 38.2 Å². The van der Waals surface area contributed by atoms with Gasteiger partial charge in [0.05, 0.1) is 18.1 Å². The van der Waals surface area contributed by atoms with Crippen molar-refractivity contribution < 1.29 is 13.2 Å². The molecule has 2 aliphatic heterocycles. The van der Waals surface area contributed by atoms with E-state index in [0.717, 1.165) is 53.2 Å². The SMILES string of the molecule is Cc1nc(-c2nc3c(s2)CCOc2cc(C4CN(CCS(C)(=O)=O)C4)ccc2-3)n(C(C)C)n1. The fourth-order valence-corrected chi connectivity index (χ4v) is 6.01. The Kier molecular flexibility index (Phi) is 5.78. The Morgan fingerprint density at radius 3 is 2.76 bits per heavy atom. The third-order valence-electron chi connectivity index (χ3n) is 6.17. The molecule has 0 spiro atoms. The number of sulfone groups is 1. The van der Waals surface area contributed by atoms with Crippen LogP contribution in [0, 0.1) is 6.92 Å². The quantitative estimate of drug-likeness (QED) is 0.527. The summed E-state index contributed by atoms with van der Waals surface area (Å²) < 4.78 is 30.9. The lowest BCUT2D eigenvalue weighted by molar-refractivity contribution is 0.158. The second kappa shape index (κ2) is 8.48. The molecule has 0 unspecified atom stereocenters. The molecule has 1 fully saturated rings. The van der Waals surface area contributed by atoms with Gasteiger partial charge in [0, 0.05) is 54.7 Å². The van der Waals surface area contributed by atoms with Crippen LogP contribution in [0.1, 0.15) is 42.1 Å². The van der Waals surface area contributed by atoms with Gasteiger partial charge < -0.3 is 9.64 Å². The Morgan fingerprint density at radius 1 is 1.24 bits per heavy atom. The monoisotopic (exact) mass is 487 g/mol. The summed E-state index contributed by atoms with van der Waals surface area (Å²) in [6, 6.07) is 6.64. The molecule has 1 saturated heterocycles. The summed E-state index contributed by atoms with van der Waals surface area (Å²) in [5, 5.41) is 5.44. The number of likely N-dealkylation sites (tertiary alicyclic amines) is 1. The van der Waals surface area contributed by atoms with Crippen LogP contribution in [-0.2, 0) is 16.3 Å². The van der Waals surface area contributed by atoms with Crippen molar-refractivity contribution in [3.05, 3.63) is 34.5 Å². The first kappa shape index (κ1) is 22.5. The maximum Gasteiger partial charge on any atom is 0.187 e. The van der Waals surface area contributed by atoms with Crippen LogP contribution in [0.25, 0.3) is 22.1 Å². The number of hydrogen-bond acceptors (Lipinski definition) is 8. The first-order chi connectivity index (χ1) is 15.7. The summed E-state index contributed by atoms with van der Waals surface area (Å²) in [4.78, 5) is 13.0. The summed E-state index contributed by atoms with van der Waals surface area (Å²) in [6.07, 6.45) is 2.11. The van der Waals surface area contributed by atoms with Crippen molar-refractivity contribution in [2.45, 2.75) is 39.2 Å². The van der Waals surface area contributed by atoms with E-state index >= 15 is 0 Å². The highest BCUT2D eigenvalue weighted by atomic mass is 32.2. The van der Waals surface area contributed by atoms with Gasteiger partial charge in [-0.1, -0.05) is 6.07 Å². The van der Waals surface area contributed by atoms with Crippen LogP contribution >= 0.6 is 11.3 Å². The molecule has 176 valence electrons. The van der Waals surface area contributed by atoms with Gasteiger partial charge in [0.2, 0.25) is 0 Å². The van der Waals surface area contributed by atoms with Crippen molar-refractivity contribution in [2.24, 2.45) is 0 Å². The second-order valence-electron chi connectivity index (χ2n) is 9.25. The second-order valence-corrected chi connectivity index (χ2v) is 12.6. The van der Waals surface area contributed by atoms with Crippen LogP contribution in [0.2, 0.25) is 0 Å². The number of rotatable bonds is 6. The summed E-state index contributed by atoms with van der Waals surface area (Å²) in [5.41, 5.74) is 3.24. The molecule has 0 amide bonds. The van der Waals surface area contributed by atoms with Gasteiger partial charge in [-0.15, -0.1) is 11.3 Å². The first-order valence-corrected chi connectivity index (χ1v) is 14.2. The molecule has 0 radical (unpaired) electrons. The molecular weight excluding hydrogens is 458 g/mol. The standard InChI is InChI=1S/C23H29N5O3S2/c1-14(2)28-22(24-15(3)26-28)23-25-21-18-6-5-16(11-19(18)31-9-7-20(21)32-23)17-12-27(13-17)8-10-33(4,29)30/h5-6,11,14,17H,7-10,12-13H2,1-4H3. The minimum atomic E-state index is -2.92. The van der Waals surface area contributed by atoms with E-state index in [4.69, 9.17) is 9.72 Å². The number of benzene rings is 1. The first-order valence-electron chi connectivity index (χ1n) is 11.3. The molecule has 0 bridgehead atoms. The third-order valence-corrected chi connectivity index (χ3v) is 8.20. The number of fused-ring (bicyclic) bond motifs is 3. The molecular formula is C23H29N5O3S2. The Morgan fingerprint density at radius 2 is 2.03 bits per heavy atom. The van der Waals surface area contributed by atoms with Crippen molar-refractivity contribution >= 4 is 21.2 Å². The number of hydrogen-bond donors (Lipinski definition) is 0. The molecule has 2 aliphatic rings. The third kappa shape index (κ3) is 4.56. The highest BCUT2D eigenvalue weighted by Gasteiger charge is 2.30. The van der Waals surface area contributed by atoms with E-state index in [9.17, 15) is 8.42 Å². The van der Waals surface area contributed by atoms with Gasteiger partial charge >= 0.3 is 0 Å². The normalized spacial score (nSPS) is 16.8. The number of aryl methyl sites for hydroxylation is 1. The molecule has 10 heteroatoms. The molecule has 0 N–H and O–H groups in total. The van der Waals surface area contributed by atoms with E-state index in [-0.39, 0.29) is 11.8 Å². The maximum atomic E-state index is 11.4. The summed E-state index contributed by atoms with van der Waals surface area (Å²) in [5.74, 6) is 3.07. The van der Waals surface area contributed by atoms with E-state index < -0.39 is 9.84 Å². The highest BCUT2D eigenvalue weighted by Crippen LogP contribution is 2.42. The van der Waals surface area contributed by atoms with Gasteiger partial charge in [0.25, 0.3) is 0 Å². The molecule has 2 aromatic heterocycles. The number of ether oxygens (including phenoxy) is 1. The topological polar surface area (TPSA) is 90.2 Å². The average molecular weight is 488 g/mol. The minimum absolute atomic E-state index is 0.211. The predicted octanol–water partition coefficient (Wildman–Crippen LogP) is 3.34. The molecule has 4 heterocycles. The smallest absolute Gasteiger partial charge is 0.187 e. The van der Waals surface area contributed by atoms with Crippen LogP contribution in [-0.4, -0.2) is 71.3 Å². The Hall–Kier alpha value is -2.30. The molecule has 5 rings (SSSR count). The minimum Gasteiger partial charge on any atom is -0.492 e. The van der Waals surface area contributed by atoms with Crippen LogP contribution in [0.3, 0.4) is 0 Å².